The van der Waals surface area contributed by atoms with E-state index >= 15 is 0 Å². The number of nitro groups is 1. The molecule has 0 fully saturated rings. The van der Waals surface area contributed by atoms with E-state index in [0.29, 0.717) is 11.3 Å². The molecule has 6 heteroatoms. The highest BCUT2D eigenvalue weighted by Gasteiger charge is 2.19. The highest BCUT2D eigenvalue weighted by molar-refractivity contribution is 5.32. The molecule has 1 N–H and O–H groups in total. The standard InChI is InChI=1S/C12H11NO5/c1-17-9-4-2-8(3-5-9)12(14)10-6-7-11(18-10)13(15)16/h2-7,12,14H,1H3. The van der Waals surface area contributed by atoms with Gasteiger partial charge in [0.05, 0.1) is 13.2 Å². The second kappa shape index (κ2) is 4.89. The molecule has 0 aliphatic heterocycles. The minimum absolute atomic E-state index is 0.131. The van der Waals surface area contributed by atoms with Gasteiger partial charge in [0.15, 0.2) is 0 Å². The quantitative estimate of drug-likeness (QED) is 0.663. The molecule has 1 aromatic carbocycles. The molecule has 1 atom stereocenters. The van der Waals surface area contributed by atoms with Crippen molar-refractivity contribution in [3.8, 4) is 5.75 Å². The molecule has 0 saturated carbocycles. The fourth-order valence-electron chi connectivity index (χ4n) is 1.54. The van der Waals surface area contributed by atoms with Gasteiger partial charge in [-0.15, -0.1) is 0 Å². The van der Waals surface area contributed by atoms with Crippen molar-refractivity contribution >= 4 is 5.88 Å². The van der Waals surface area contributed by atoms with Gasteiger partial charge >= 0.3 is 5.88 Å². The van der Waals surface area contributed by atoms with Crippen LogP contribution in [-0.2, 0) is 0 Å². The van der Waals surface area contributed by atoms with Crippen LogP contribution >= 0.6 is 0 Å². The van der Waals surface area contributed by atoms with Crippen molar-refractivity contribution in [3.63, 3.8) is 0 Å². The highest BCUT2D eigenvalue weighted by Crippen LogP contribution is 2.27. The van der Waals surface area contributed by atoms with Crippen molar-refractivity contribution in [1.82, 2.24) is 0 Å². The fraction of sp³-hybridized carbons (Fsp3) is 0.167. The van der Waals surface area contributed by atoms with Crippen molar-refractivity contribution in [3.05, 3.63) is 57.8 Å². The summed E-state index contributed by atoms with van der Waals surface area (Å²) >= 11 is 0. The van der Waals surface area contributed by atoms with E-state index < -0.39 is 16.9 Å². The third-order valence-corrected chi connectivity index (χ3v) is 2.49. The number of aliphatic hydroxyl groups is 1. The Morgan fingerprint density at radius 2 is 1.94 bits per heavy atom. The van der Waals surface area contributed by atoms with Gasteiger partial charge in [0.25, 0.3) is 0 Å². The van der Waals surface area contributed by atoms with Gasteiger partial charge in [-0.2, -0.15) is 0 Å². The van der Waals surface area contributed by atoms with Crippen molar-refractivity contribution in [2.45, 2.75) is 6.10 Å². The lowest BCUT2D eigenvalue weighted by Gasteiger charge is -2.08. The summed E-state index contributed by atoms with van der Waals surface area (Å²) in [6.07, 6.45) is -1.04. The SMILES string of the molecule is COc1ccc(C(O)c2ccc([N+](=O)[O-])o2)cc1. The molecule has 6 nitrogen and oxygen atoms in total. The molecule has 94 valence electrons. The van der Waals surface area contributed by atoms with E-state index in [4.69, 9.17) is 9.15 Å². The Morgan fingerprint density at radius 1 is 1.28 bits per heavy atom. The molecule has 0 spiro atoms. The first-order chi connectivity index (χ1) is 8.61. The molecule has 0 saturated heterocycles. The zero-order valence-corrected chi connectivity index (χ0v) is 9.57. The Balaban J connectivity index is 2.23. The number of rotatable bonds is 4. The van der Waals surface area contributed by atoms with Gasteiger partial charge in [0.1, 0.15) is 22.5 Å². The molecule has 2 aromatic rings. The third-order valence-electron chi connectivity index (χ3n) is 2.49. The lowest BCUT2D eigenvalue weighted by Crippen LogP contribution is -1.97. The maximum atomic E-state index is 10.5. The predicted molar refractivity (Wildman–Crippen MR) is 62.4 cm³/mol. The highest BCUT2D eigenvalue weighted by atomic mass is 16.6. The largest absolute Gasteiger partial charge is 0.497 e. The first kappa shape index (κ1) is 12.1. The normalized spacial score (nSPS) is 12.1. The van der Waals surface area contributed by atoms with Crippen LogP contribution in [0.5, 0.6) is 5.75 Å². The van der Waals surface area contributed by atoms with Crippen LogP contribution in [0.1, 0.15) is 17.4 Å². The Kier molecular flexibility index (Phi) is 3.29. The minimum atomic E-state index is -1.04. The summed E-state index contributed by atoms with van der Waals surface area (Å²) in [7, 11) is 1.54. The molecule has 1 aromatic heterocycles. The van der Waals surface area contributed by atoms with Crippen LogP contribution in [0.15, 0.2) is 40.8 Å². The Labute approximate surface area is 103 Å². The van der Waals surface area contributed by atoms with Gasteiger partial charge in [-0.25, -0.2) is 0 Å². The van der Waals surface area contributed by atoms with Gasteiger partial charge in [0.2, 0.25) is 0 Å². The second-order valence-electron chi connectivity index (χ2n) is 3.61. The molecule has 0 amide bonds. The summed E-state index contributed by atoms with van der Waals surface area (Å²) in [4.78, 5) is 9.82. The lowest BCUT2D eigenvalue weighted by atomic mass is 10.1. The molecule has 0 aliphatic rings. The number of ether oxygens (including phenoxy) is 1. The molecule has 18 heavy (non-hydrogen) atoms. The summed E-state index contributed by atoms with van der Waals surface area (Å²) in [6.45, 7) is 0. The van der Waals surface area contributed by atoms with Crippen LogP contribution in [0.25, 0.3) is 0 Å². The molecular weight excluding hydrogens is 238 g/mol. The van der Waals surface area contributed by atoms with Crippen molar-refractivity contribution in [2.75, 3.05) is 7.11 Å². The number of aliphatic hydroxyl groups excluding tert-OH is 1. The molecule has 1 heterocycles. The smallest absolute Gasteiger partial charge is 0.433 e. The molecule has 2 rings (SSSR count). The number of furan rings is 1. The van der Waals surface area contributed by atoms with Crippen LogP contribution < -0.4 is 4.74 Å². The molecular formula is C12H11NO5. The van der Waals surface area contributed by atoms with Gasteiger partial charge < -0.3 is 14.3 Å². The average Bonchev–Trinajstić information content (AvgIpc) is 2.88. The lowest BCUT2D eigenvalue weighted by molar-refractivity contribution is -0.402. The molecule has 0 radical (unpaired) electrons. The summed E-state index contributed by atoms with van der Waals surface area (Å²) in [5.74, 6) is 0.404. The van der Waals surface area contributed by atoms with E-state index in [0.717, 1.165) is 0 Å². The fourth-order valence-corrected chi connectivity index (χ4v) is 1.54. The average molecular weight is 249 g/mol. The Hall–Kier alpha value is -2.34. The zero-order chi connectivity index (χ0) is 13.1. The van der Waals surface area contributed by atoms with Crippen LogP contribution in [0.3, 0.4) is 0 Å². The monoisotopic (exact) mass is 249 g/mol. The summed E-state index contributed by atoms with van der Waals surface area (Å²) in [5.41, 5.74) is 0.569. The Morgan fingerprint density at radius 3 is 2.44 bits per heavy atom. The molecule has 1 unspecified atom stereocenters. The maximum absolute atomic E-state index is 10.5. The number of nitrogens with zero attached hydrogens (tertiary/aromatic N) is 1. The van der Waals surface area contributed by atoms with Crippen LogP contribution in [0, 0.1) is 10.1 Å². The summed E-state index contributed by atoms with van der Waals surface area (Å²) in [5, 5.41) is 20.5. The number of methoxy groups -OCH3 is 1. The number of hydrogen-bond acceptors (Lipinski definition) is 5. The van der Waals surface area contributed by atoms with Crippen LogP contribution in [0.2, 0.25) is 0 Å². The minimum Gasteiger partial charge on any atom is -0.497 e. The van der Waals surface area contributed by atoms with Gasteiger partial charge in [-0.3, -0.25) is 10.1 Å². The van der Waals surface area contributed by atoms with E-state index in [-0.39, 0.29) is 5.76 Å². The van der Waals surface area contributed by atoms with Crippen molar-refractivity contribution in [2.24, 2.45) is 0 Å². The van der Waals surface area contributed by atoms with Gasteiger partial charge in [0, 0.05) is 0 Å². The van der Waals surface area contributed by atoms with E-state index in [1.807, 2.05) is 0 Å². The van der Waals surface area contributed by atoms with Crippen molar-refractivity contribution < 1.29 is 19.2 Å². The predicted octanol–water partition coefficient (Wildman–Crippen LogP) is 2.28. The van der Waals surface area contributed by atoms with Crippen molar-refractivity contribution in [1.29, 1.82) is 0 Å². The third kappa shape index (κ3) is 2.33. The first-order valence-corrected chi connectivity index (χ1v) is 5.18. The zero-order valence-electron chi connectivity index (χ0n) is 9.57. The summed E-state index contributed by atoms with van der Waals surface area (Å²) < 4.78 is 9.93. The van der Waals surface area contributed by atoms with Crippen LogP contribution in [0.4, 0.5) is 5.88 Å². The maximum Gasteiger partial charge on any atom is 0.433 e. The number of hydrogen-bond donors (Lipinski definition) is 1. The molecule has 0 bridgehead atoms. The van der Waals surface area contributed by atoms with E-state index in [9.17, 15) is 15.2 Å². The van der Waals surface area contributed by atoms with E-state index in [1.165, 1.54) is 12.1 Å². The van der Waals surface area contributed by atoms with Gasteiger partial charge in [-0.1, -0.05) is 12.1 Å². The van der Waals surface area contributed by atoms with Crippen LogP contribution in [-0.4, -0.2) is 17.1 Å². The Bertz CT molecular complexity index is 546. The summed E-state index contributed by atoms with van der Waals surface area (Å²) in [6, 6.07) is 9.30. The first-order valence-electron chi connectivity index (χ1n) is 5.18. The van der Waals surface area contributed by atoms with E-state index in [1.54, 1.807) is 31.4 Å². The van der Waals surface area contributed by atoms with Gasteiger partial charge in [-0.05, 0) is 23.8 Å². The number of benzene rings is 1. The molecule has 0 aliphatic carbocycles. The second-order valence-corrected chi connectivity index (χ2v) is 3.61. The van der Waals surface area contributed by atoms with E-state index in [2.05, 4.69) is 0 Å². The topological polar surface area (TPSA) is 85.7 Å².